The molecule has 1 aliphatic carbocycles. The summed E-state index contributed by atoms with van der Waals surface area (Å²) in [6, 6.07) is 23.2. The Balaban J connectivity index is 1.55. The van der Waals surface area contributed by atoms with Gasteiger partial charge in [-0.15, -0.1) is 0 Å². The zero-order valence-electron chi connectivity index (χ0n) is 15.1. The van der Waals surface area contributed by atoms with Crippen molar-refractivity contribution in [1.29, 1.82) is 0 Å². The van der Waals surface area contributed by atoms with Gasteiger partial charge in [0.25, 0.3) is 0 Å². The van der Waals surface area contributed by atoms with E-state index in [1.54, 1.807) is 0 Å². The third-order valence-corrected chi connectivity index (χ3v) is 5.21. The van der Waals surface area contributed by atoms with Gasteiger partial charge in [-0.05, 0) is 41.3 Å². The molecule has 1 heterocycles. The molecule has 4 heteroatoms. The fraction of sp³-hybridized carbons (Fsp3) is 0.217. The number of para-hydroxylation sites is 2. The molecule has 1 saturated carbocycles. The smallest absolute Gasteiger partial charge is 0.240 e. The van der Waals surface area contributed by atoms with E-state index >= 15 is 0 Å². The number of nitrogens with zero attached hydrogens (tertiary/aromatic N) is 2. The summed E-state index contributed by atoms with van der Waals surface area (Å²) in [7, 11) is 0. The summed E-state index contributed by atoms with van der Waals surface area (Å²) >= 11 is 0. The summed E-state index contributed by atoms with van der Waals surface area (Å²) in [5, 5.41) is 5.55. The molecular weight excluding hydrogens is 334 g/mol. The topological polar surface area (TPSA) is 46.9 Å². The molecule has 0 unspecified atom stereocenters. The van der Waals surface area contributed by atoms with E-state index in [-0.39, 0.29) is 5.91 Å². The lowest BCUT2D eigenvalue weighted by molar-refractivity contribution is -0.121. The van der Waals surface area contributed by atoms with Gasteiger partial charge in [-0.1, -0.05) is 54.6 Å². The van der Waals surface area contributed by atoms with Crippen LogP contribution in [0.5, 0.6) is 0 Å². The van der Waals surface area contributed by atoms with E-state index in [2.05, 4.69) is 52.3 Å². The van der Waals surface area contributed by atoms with E-state index in [0.717, 1.165) is 29.7 Å². The first-order chi connectivity index (χ1) is 13.3. The van der Waals surface area contributed by atoms with Gasteiger partial charge >= 0.3 is 0 Å². The second kappa shape index (κ2) is 6.54. The minimum absolute atomic E-state index is 0.0693. The van der Waals surface area contributed by atoms with Crippen LogP contribution in [0.2, 0.25) is 0 Å². The Morgan fingerprint density at radius 2 is 1.78 bits per heavy atom. The summed E-state index contributed by atoms with van der Waals surface area (Å²) in [6.07, 6.45) is 2.89. The van der Waals surface area contributed by atoms with Crippen molar-refractivity contribution >= 4 is 27.7 Å². The number of amides is 1. The highest BCUT2D eigenvalue weighted by molar-refractivity contribution is 5.86. The first-order valence-corrected chi connectivity index (χ1v) is 9.48. The highest BCUT2D eigenvalue weighted by Gasteiger charge is 2.24. The lowest BCUT2D eigenvalue weighted by Crippen LogP contribution is -2.29. The minimum Gasteiger partial charge on any atom is -0.352 e. The molecule has 0 aliphatic heterocycles. The molecule has 0 saturated heterocycles. The largest absolute Gasteiger partial charge is 0.352 e. The molecule has 27 heavy (non-hydrogen) atoms. The Morgan fingerprint density at radius 1 is 1.00 bits per heavy atom. The fourth-order valence-electron chi connectivity index (χ4n) is 3.70. The van der Waals surface area contributed by atoms with Gasteiger partial charge in [-0.25, -0.2) is 4.98 Å². The van der Waals surface area contributed by atoms with Crippen molar-refractivity contribution in [2.24, 2.45) is 0 Å². The average molecular weight is 355 g/mol. The van der Waals surface area contributed by atoms with Gasteiger partial charge in [0.1, 0.15) is 12.4 Å². The van der Waals surface area contributed by atoms with Gasteiger partial charge in [0.05, 0.1) is 11.0 Å². The summed E-state index contributed by atoms with van der Waals surface area (Å²) in [5.74, 6) is 0.998. The first-order valence-electron chi connectivity index (χ1n) is 9.48. The molecule has 5 rings (SSSR count). The number of aromatic nitrogens is 2. The molecule has 0 atom stereocenters. The van der Waals surface area contributed by atoms with Crippen LogP contribution in [-0.2, 0) is 17.8 Å². The highest BCUT2D eigenvalue weighted by Crippen LogP contribution is 2.24. The Morgan fingerprint density at radius 3 is 2.67 bits per heavy atom. The van der Waals surface area contributed by atoms with Crippen molar-refractivity contribution in [2.75, 3.05) is 0 Å². The van der Waals surface area contributed by atoms with Crippen molar-refractivity contribution in [3.8, 4) is 0 Å². The molecule has 4 nitrogen and oxygen atoms in total. The number of hydrogen-bond acceptors (Lipinski definition) is 2. The maximum atomic E-state index is 12.5. The second-order valence-electron chi connectivity index (χ2n) is 7.26. The van der Waals surface area contributed by atoms with Gasteiger partial charge in [-0.3, -0.25) is 4.79 Å². The molecule has 3 aromatic carbocycles. The molecular formula is C23H21N3O. The van der Waals surface area contributed by atoms with E-state index in [1.807, 2.05) is 24.3 Å². The maximum absolute atomic E-state index is 12.5. The van der Waals surface area contributed by atoms with Crippen LogP contribution in [0.1, 0.15) is 24.2 Å². The minimum atomic E-state index is 0.0693. The second-order valence-corrected chi connectivity index (χ2v) is 7.26. The van der Waals surface area contributed by atoms with Gasteiger partial charge in [0, 0.05) is 12.5 Å². The number of carbonyl (C=O) groups excluding carboxylic acids is 1. The van der Waals surface area contributed by atoms with Gasteiger partial charge in [0.2, 0.25) is 5.91 Å². The number of imidazole rings is 1. The van der Waals surface area contributed by atoms with Crippen LogP contribution in [0.4, 0.5) is 0 Å². The first kappa shape index (κ1) is 16.1. The number of benzene rings is 3. The SMILES string of the molecule is O=C(Cn1c(Cc2cccc3ccccc23)nc2ccccc21)NC1CC1. The van der Waals surface area contributed by atoms with Crippen molar-refractivity contribution in [2.45, 2.75) is 31.8 Å². The van der Waals surface area contributed by atoms with Crippen molar-refractivity contribution in [1.82, 2.24) is 14.9 Å². The molecule has 1 fully saturated rings. The number of hydrogen-bond donors (Lipinski definition) is 1. The van der Waals surface area contributed by atoms with E-state index in [4.69, 9.17) is 4.98 Å². The number of rotatable bonds is 5. The number of nitrogens with one attached hydrogen (secondary N) is 1. The average Bonchev–Trinajstić information content (AvgIpc) is 3.44. The Labute approximate surface area is 157 Å². The normalized spacial score (nSPS) is 13.9. The highest BCUT2D eigenvalue weighted by atomic mass is 16.2. The number of fused-ring (bicyclic) bond motifs is 2. The molecule has 1 aromatic heterocycles. The van der Waals surface area contributed by atoms with Crippen LogP contribution in [0, 0.1) is 0 Å². The summed E-state index contributed by atoms with van der Waals surface area (Å²) in [6.45, 7) is 0.317. The summed E-state index contributed by atoms with van der Waals surface area (Å²) < 4.78 is 2.06. The zero-order valence-corrected chi connectivity index (χ0v) is 15.1. The van der Waals surface area contributed by atoms with Gasteiger partial charge in [0.15, 0.2) is 0 Å². The Hall–Kier alpha value is -3.14. The molecule has 1 N–H and O–H groups in total. The summed E-state index contributed by atoms with van der Waals surface area (Å²) in [5.41, 5.74) is 3.18. The van der Waals surface area contributed by atoms with E-state index < -0.39 is 0 Å². The molecule has 1 aliphatic rings. The number of carbonyl (C=O) groups is 1. The third kappa shape index (κ3) is 3.19. The van der Waals surface area contributed by atoms with E-state index in [1.165, 1.54) is 16.3 Å². The molecule has 4 aromatic rings. The van der Waals surface area contributed by atoms with E-state index in [0.29, 0.717) is 19.0 Å². The zero-order chi connectivity index (χ0) is 18.2. The Kier molecular flexibility index (Phi) is 3.89. The van der Waals surface area contributed by atoms with Crippen LogP contribution in [0.15, 0.2) is 66.7 Å². The van der Waals surface area contributed by atoms with Crippen LogP contribution in [-0.4, -0.2) is 21.5 Å². The predicted molar refractivity (Wildman–Crippen MR) is 108 cm³/mol. The molecule has 0 bridgehead atoms. The molecule has 1 amide bonds. The summed E-state index contributed by atoms with van der Waals surface area (Å²) in [4.78, 5) is 17.3. The Bertz CT molecular complexity index is 1140. The van der Waals surface area contributed by atoms with Crippen molar-refractivity contribution in [3.63, 3.8) is 0 Å². The molecule has 0 spiro atoms. The van der Waals surface area contributed by atoms with Gasteiger partial charge < -0.3 is 9.88 Å². The molecule has 134 valence electrons. The maximum Gasteiger partial charge on any atom is 0.240 e. The quantitative estimate of drug-likeness (QED) is 0.587. The molecule has 0 radical (unpaired) electrons. The van der Waals surface area contributed by atoms with Crippen LogP contribution >= 0.6 is 0 Å². The van der Waals surface area contributed by atoms with Crippen LogP contribution in [0.3, 0.4) is 0 Å². The predicted octanol–water partition coefficient (Wildman–Crippen LogP) is 4.06. The monoisotopic (exact) mass is 355 g/mol. The van der Waals surface area contributed by atoms with E-state index in [9.17, 15) is 4.79 Å². The van der Waals surface area contributed by atoms with Crippen LogP contribution in [0.25, 0.3) is 21.8 Å². The standard InChI is InChI=1S/C23H21N3O/c27-23(24-18-12-13-18)15-26-21-11-4-3-10-20(21)25-22(26)14-17-8-5-7-16-6-1-2-9-19(16)17/h1-11,18H,12-15H2,(H,24,27). The third-order valence-electron chi connectivity index (χ3n) is 5.21. The van der Waals surface area contributed by atoms with Crippen molar-refractivity contribution in [3.05, 3.63) is 78.1 Å². The fourth-order valence-corrected chi connectivity index (χ4v) is 3.70. The van der Waals surface area contributed by atoms with Gasteiger partial charge in [-0.2, -0.15) is 0 Å². The van der Waals surface area contributed by atoms with Crippen LogP contribution < -0.4 is 5.32 Å². The van der Waals surface area contributed by atoms with Crippen molar-refractivity contribution < 1.29 is 4.79 Å². The lowest BCUT2D eigenvalue weighted by Gasteiger charge is -2.11. The lowest BCUT2D eigenvalue weighted by atomic mass is 10.0.